The smallest absolute Gasteiger partial charge is 0.321 e. The lowest BCUT2D eigenvalue weighted by molar-refractivity contribution is -0.137. The highest BCUT2D eigenvalue weighted by Gasteiger charge is 2.31. The highest BCUT2D eigenvalue weighted by molar-refractivity contribution is 6.34. The molecule has 0 spiro atoms. The molecular formula is C15H10ClF3N4O. The van der Waals surface area contributed by atoms with Crippen LogP contribution in [-0.2, 0) is 6.18 Å². The summed E-state index contributed by atoms with van der Waals surface area (Å²) in [7, 11) is 0. The minimum Gasteiger partial charge on any atom is -0.321 e. The molecule has 0 aliphatic rings. The first kappa shape index (κ1) is 16.3. The molecule has 0 unspecified atom stereocenters. The van der Waals surface area contributed by atoms with E-state index in [1.54, 1.807) is 17.5 Å². The van der Waals surface area contributed by atoms with Crippen LogP contribution in [0.5, 0.6) is 0 Å². The molecule has 9 heteroatoms. The summed E-state index contributed by atoms with van der Waals surface area (Å²) in [6, 6.07) is 5.73. The summed E-state index contributed by atoms with van der Waals surface area (Å²) in [6.07, 6.45) is -2.92. The van der Waals surface area contributed by atoms with Gasteiger partial charge in [-0.1, -0.05) is 11.6 Å². The summed E-state index contributed by atoms with van der Waals surface area (Å²) in [5.41, 5.74) is -0.335. The number of hydrogen-bond acceptors (Lipinski definition) is 3. The number of rotatable bonds is 2. The van der Waals surface area contributed by atoms with E-state index in [9.17, 15) is 18.0 Å². The molecule has 3 rings (SSSR count). The van der Waals surface area contributed by atoms with E-state index in [1.807, 2.05) is 0 Å². The van der Waals surface area contributed by atoms with E-state index >= 15 is 0 Å². The predicted octanol–water partition coefficient (Wildman–Crippen LogP) is 3.96. The van der Waals surface area contributed by atoms with Crippen molar-refractivity contribution in [2.45, 2.75) is 13.1 Å². The summed E-state index contributed by atoms with van der Waals surface area (Å²) >= 11 is 5.87. The summed E-state index contributed by atoms with van der Waals surface area (Å²) in [4.78, 5) is 12.3. The maximum atomic E-state index is 12.8. The Hall–Kier alpha value is -2.61. The van der Waals surface area contributed by atoms with E-state index in [4.69, 9.17) is 11.6 Å². The van der Waals surface area contributed by atoms with Gasteiger partial charge in [0.2, 0.25) is 0 Å². The predicted molar refractivity (Wildman–Crippen MR) is 82.1 cm³/mol. The van der Waals surface area contributed by atoms with Crippen LogP contribution in [0.3, 0.4) is 0 Å². The Kier molecular flexibility index (Phi) is 3.92. The summed E-state index contributed by atoms with van der Waals surface area (Å²) in [5, 5.41) is 10.2. The quantitative estimate of drug-likeness (QED) is 0.757. The number of aromatic nitrogens is 3. The highest BCUT2D eigenvalue weighted by Crippen LogP contribution is 2.34. The number of carbonyl (C=O) groups excluding carboxylic acids is 1. The van der Waals surface area contributed by atoms with Gasteiger partial charge in [-0.05, 0) is 37.3 Å². The second-order valence-electron chi connectivity index (χ2n) is 5.04. The third kappa shape index (κ3) is 3.05. The minimum absolute atomic E-state index is 0.00995. The maximum absolute atomic E-state index is 12.8. The average molecular weight is 355 g/mol. The van der Waals surface area contributed by atoms with Crippen LogP contribution in [0.1, 0.15) is 21.7 Å². The molecule has 2 aromatic heterocycles. The van der Waals surface area contributed by atoms with Crippen molar-refractivity contribution in [3.05, 3.63) is 58.5 Å². The first-order chi connectivity index (χ1) is 11.3. The van der Waals surface area contributed by atoms with E-state index in [0.29, 0.717) is 11.5 Å². The summed E-state index contributed by atoms with van der Waals surface area (Å²) < 4.78 is 40.0. The van der Waals surface area contributed by atoms with E-state index < -0.39 is 17.6 Å². The number of fused-ring (bicyclic) bond motifs is 1. The summed E-state index contributed by atoms with van der Waals surface area (Å²) in [5.74, 6) is 0.0530. The van der Waals surface area contributed by atoms with E-state index in [0.717, 1.165) is 18.2 Å². The van der Waals surface area contributed by atoms with Crippen LogP contribution in [-0.4, -0.2) is 20.5 Å². The molecule has 1 amide bonds. The van der Waals surface area contributed by atoms with Crippen LogP contribution in [0.15, 0.2) is 36.5 Å². The molecule has 5 nitrogen and oxygen atoms in total. The lowest BCUT2D eigenvalue weighted by atomic mass is 10.2. The zero-order valence-corrected chi connectivity index (χ0v) is 13.0. The molecule has 0 radical (unpaired) electrons. The summed E-state index contributed by atoms with van der Waals surface area (Å²) in [6.45, 7) is 1.75. The fourth-order valence-corrected chi connectivity index (χ4v) is 2.31. The zero-order chi connectivity index (χ0) is 17.5. The third-order valence-corrected chi connectivity index (χ3v) is 3.71. The van der Waals surface area contributed by atoms with Crippen LogP contribution in [0.25, 0.3) is 5.65 Å². The molecule has 24 heavy (non-hydrogen) atoms. The van der Waals surface area contributed by atoms with Crippen LogP contribution < -0.4 is 5.32 Å². The minimum atomic E-state index is -4.53. The number of amides is 1. The van der Waals surface area contributed by atoms with Gasteiger partial charge in [0.05, 0.1) is 16.3 Å². The van der Waals surface area contributed by atoms with E-state index in [-0.39, 0.29) is 16.3 Å². The van der Waals surface area contributed by atoms with Gasteiger partial charge in [-0.25, -0.2) is 0 Å². The molecule has 0 bridgehead atoms. The highest BCUT2D eigenvalue weighted by atomic mass is 35.5. The number of anilines is 1. The van der Waals surface area contributed by atoms with Crippen LogP contribution in [0, 0.1) is 6.92 Å². The van der Waals surface area contributed by atoms with Crippen LogP contribution in [0.4, 0.5) is 18.9 Å². The number of aryl methyl sites for hydroxylation is 1. The van der Waals surface area contributed by atoms with Gasteiger partial charge in [-0.3, -0.25) is 9.20 Å². The van der Waals surface area contributed by atoms with Crippen molar-refractivity contribution in [2.75, 3.05) is 5.32 Å². The Morgan fingerprint density at radius 3 is 2.67 bits per heavy atom. The topological polar surface area (TPSA) is 59.3 Å². The van der Waals surface area contributed by atoms with E-state index in [2.05, 4.69) is 15.5 Å². The largest absolute Gasteiger partial charge is 0.416 e. The van der Waals surface area contributed by atoms with Crippen molar-refractivity contribution in [3.8, 4) is 0 Å². The second-order valence-corrected chi connectivity index (χ2v) is 5.44. The van der Waals surface area contributed by atoms with E-state index in [1.165, 1.54) is 12.1 Å². The number of nitrogens with zero attached hydrogens (tertiary/aromatic N) is 3. The Balaban J connectivity index is 1.90. The zero-order valence-electron chi connectivity index (χ0n) is 12.2. The van der Waals surface area contributed by atoms with Crippen molar-refractivity contribution >= 4 is 28.8 Å². The number of benzene rings is 1. The van der Waals surface area contributed by atoms with Gasteiger partial charge in [-0.2, -0.15) is 13.2 Å². The molecular weight excluding hydrogens is 345 g/mol. The van der Waals surface area contributed by atoms with Gasteiger partial charge in [0.25, 0.3) is 5.91 Å². The van der Waals surface area contributed by atoms with Gasteiger partial charge >= 0.3 is 6.18 Å². The van der Waals surface area contributed by atoms with Crippen molar-refractivity contribution in [3.63, 3.8) is 0 Å². The SMILES string of the molecule is Cc1nnc2cc(C(=O)Nc3cc(C(F)(F)F)ccc3Cl)ccn12. The molecule has 124 valence electrons. The molecule has 0 fully saturated rings. The molecule has 0 atom stereocenters. The standard InChI is InChI=1S/C15H10ClF3N4O/c1-8-21-22-13-6-9(4-5-23(8)13)14(24)20-12-7-10(15(17,18)19)2-3-11(12)16/h2-7H,1H3,(H,20,24). The molecule has 1 aromatic carbocycles. The van der Waals surface area contributed by atoms with Crippen molar-refractivity contribution in [1.82, 2.24) is 14.6 Å². The molecule has 0 aliphatic carbocycles. The molecule has 0 aliphatic heterocycles. The lowest BCUT2D eigenvalue weighted by Crippen LogP contribution is -2.14. The van der Waals surface area contributed by atoms with Crippen molar-refractivity contribution in [2.24, 2.45) is 0 Å². The normalized spacial score (nSPS) is 11.7. The Morgan fingerprint density at radius 2 is 1.96 bits per heavy atom. The Morgan fingerprint density at radius 1 is 1.21 bits per heavy atom. The van der Waals surface area contributed by atoms with Gasteiger partial charge in [0, 0.05) is 11.8 Å². The number of halogens is 4. The number of hydrogen-bond donors (Lipinski definition) is 1. The molecule has 2 heterocycles. The maximum Gasteiger partial charge on any atom is 0.416 e. The third-order valence-electron chi connectivity index (χ3n) is 3.38. The van der Waals surface area contributed by atoms with Crippen LogP contribution >= 0.6 is 11.6 Å². The van der Waals surface area contributed by atoms with Gasteiger partial charge < -0.3 is 5.32 Å². The number of alkyl halides is 3. The van der Waals surface area contributed by atoms with Gasteiger partial charge in [0.1, 0.15) is 5.82 Å². The molecule has 0 saturated heterocycles. The fraction of sp³-hybridized carbons (Fsp3) is 0.133. The fourth-order valence-electron chi connectivity index (χ4n) is 2.14. The second kappa shape index (κ2) is 5.79. The van der Waals surface area contributed by atoms with Crippen molar-refractivity contribution < 1.29 is 18.0 Å². The first-order valence-corrected chi connectivity index (χ1v) is 7.13. The number of nitrogens with one attached hydrogen (secondary N) is 1. The monoisotopic (exact) mass is 354 g/mol. The Labute approximate surface area is 139 Å². The molecule has 0 saturated carbocycles. The molecule has 3 aromatic rings. The Bertz CT molecular complexity index is 936. The molecule has 1 N–H and O–H groups in total. The van der Waals surface area contributed by atoms with Crippen LogP contribution in [0.2, 0.25) is 5.02 Å². The number of pyridine rings is 1. The van der Waals surface area contributed by atoms with Gasteiger partial charge in [0.15, 0.2) is 5.65 Å². The van der Waals surface area contributed by atoms with Crippen molar-refractivity contribution in [1.29, 1.82) is 0 Å². The number of carbonyl (C=O) groups is 1. The average Bonchev–Trinajstić information content (AvgIpc) is 2.89. The first-order valence-electron chi connectivity index (χ1n) is 6.75. The lowest BCUT2D eigenvalue weighted by Gasteiger charge is -2.11. The van der Waals surface area contributed by atoms with Gasteiger partial charge in [-0.15, -0.1) is 10.2 Å².